The van der Waals surface area contributed by atoms with Crippen LogP contribution in [0.4, 0.5) is 0 Å². The first kappa shape index (κ1) is 23.8. The summed E-state index contributed by atoms with van der Waals surface area (Å²) in [6.07, 6.45) is 3.29. The number of nitrogens with zero attached hydrogens (tertiary/aromatic N) is 1. The highest BCUT2D eigenvalue weighted by molar-refractivity contribution is 5.77. The maximum Gasteiger partial charge on any atom is 0.150 e. The van der Waals surface area contributed by atoms with Crippen molar-refractivity contribution >= 4 is 6.29 Å². The van der Waals surface area contributed by atoms with E-state index in [1.54, 1.807) is 0 Å². The Morgan fingerprint density at radius 2 is 1.70 bits per heavy atom. The Bertz CT molecular complexity index is 524. The molecular weight excluding hydrogens is 340 g/mol. The number of rotatable bonds is 4. The van der Waals surface area contributed by atoms with Gasteiger partial charge in [-0.3, -0.25) is 9.69 Å². The predicted molar refractivity (Wildman–Crippen MR) is 112 cm³/mol. The Labute approximate surface area is 165 Å². The summed E-state index contributed by atoms with van der Waals surface area (Å²) in [5, 5.41) is 3.22. The minimum absolute atomic E-state index is 0.346. The van der Waals surface area contributed by atoms with Crippen molar-refractivity contribution in [2.24, 2.45) is 0 Å². The number of aldehydes is 1. The van der Waals surface area contributed by atoms with E-state index in [1.165, 1.54) is 18.4 Å². The van der Waals surface area contributed by atoms with Crippen LogP contribution in [0.1, 0.15) is 61.1 Å². The number of morpholine rings is 1. The van der Waals surface area contributed by atoms with Gasteiger partial charge in [-0.25, -0.2) is 0 Å². The normalized spacial score (nSPS) is 19.1. The average Bonchev–Trinajstić information content (AvgIpc) is 2.76. The Morgan fingerprint density at radius 3 is 2.22 bits per heavy atom. The molecular formula is C22H38N2O3. The first-order chi connectivity index (χ1) is 13.2. The average molecular weight is 379 g/mol. The lowest BCUT2D eigenvalue weighted by molar-refractivity contribution is 0.0198. The monoisotopic (exact) mass is 378 g/mol. The maximum absolute atomic E-state index is 10.9. The number of carbonyl (C=O) groups is 1. The van der Waals surface area contributed by atoms with Gasteiger partial charge in [0.1, 0.15) is 6.29 Å². The highest BCUT2D eigenvalue weighted by Gasteiger charge is 2.18. The third-order valence-corrected chi connectivity index (χ3v) is 5.14. The van der Waals surface area contributed by atoms with Gasteiger partial charge >= 0.3 is 0 Å². The van der Waals surface area contributed by atoms with Crippen LogP contribution in [-0.4, -0.2) is 63.8 Å². The summed E-state index contributed by atoms with van der Waals surface area (Å²) in [4.78, 5) is 13.3. The molecule has 0 bridgehead atoms. The van der Waals surface area contributed by atoms with Gasteiger partial charge in [0.05, 0.1) is 13.2 Å². The molecule has 1 N–H and O–H groups in total. The molecule has 1 aromatic rings. The summed E-state index contributed by atoms with van der Waals surface area (Å²) >= 11 is 0. The van der Waals surface area contributed by atoms with Crippen molar-refractivity contribution in [1.29, 1.82) is 0 Å². The Balaban J connectivity index is 0.000000305. The molecule has 2 aliphatic heterocycles. The van der Waals surface area contributed by atoms with Gasteiger partial charge in [-0.15, -0.1) is 0 Å². The molecule has 3 rings (SSSR count). The van der Waals surface area contributed by atoms with Crippen LogP contribution in [0, 0.1) is 6.92 Å². The number of hydrogen-bond donors (Lipinski definition) is 1. The van der Waals surface area contributed by atoms with Gasteiger partial charge in [-0.1, -0.05) is 26.0 Å². The number of aryl methyl sites for hydroxylation is 1. The molecule has 154 valence electrons. The summed E-state index contributed by atoms with van der Waals surface area (Å²) < 4.78 is 10.5. The van der Waals surface area contributed by atoms with E-state index in [2.05, 4.69) is 23.2 Å². The largest absolute Gasteiger partial charge is 0.381 e. The van der Waals surface area contributed by atoms with Crippen molar-refractivity contribution in [3.8, 4) is 0 Å². The number of hydrogen-bond acceptors (Lipinski definition) is 5. The molecule has 27 heavy (non-hydrogen) atoms. The molecule has 2 aliphatic rings. The zero-order valence-corrected chi connectivity index (χ0v) is 17.8. The Kier molecular flexibility index (Phi) is 12.2. The fourth-order valence-corrected chi connectivity index (χ4v) is 3.21. The second-order valence-corrected chi connectivity index (χ2v) is 6.73. The minimum Gasteiger partial charge on any atom is -0.381 e. The van der Waals surface area contributed by atoms with Crippen molar-refractivity contribution in [2.75, 3.05) is 46.6 Å². The van der Waals surface area contributed by atoms with Crippen molar-refractivity contribution < 1.29 is 14.3 Å². The topological polar surface area (TPSA) is 50.8 Å². The van der Waals surface area contributed by atoms with E-state index in [9.17, 15) is 4.79 Å². The Morgan fingerprint density at radius 1 is 1.11 bits per heavy atom. The van der Waals surface area contributed by atoms with E-state index < -0.39 is 0 Å². The van der Waals surface area contributed by atoms with Gasteiger partial charge in [0, 0.05) is 44.0 Å². The van der Waals surface area contributed by atoms with E-state index in [-0.39, 0.29) is 0 Å². The van der Waals surface area contributed by atoms with Crippen molar-refractivity contribution in [3.05, 3.63) is 34.9 Å². The summed E-state index contributed by atoms with van der Waals surface area (Å²) in [6, 6.07) is 7.20. The molecule has 5 heteroatoms. The molecule has 2 heterocycles. The van der Waals surface area contributed by atoms with Gasteiger partial charge < -0.3 is 14.8 Å². The van der Waals surface area contributed by atoms with Crippen LogP contribution >= 0.6 is 0 Å². The second kappa shape index (κ2) is 13.8. The van der Waals surface area contributed by atoms with Crippen LogP contribution < -0.4 is 5.32 Å². The number of carbonyl (C=O) groups excluding carboxylic acids is 1. The van der Waals surface area contributed by atoms with Crippen LogP contribution in [0.25, 0.3) is 0 Å². The van der Waals surface area contributed by atoms with Crippen molar-refractivity contribution in [3.63, 3.8) is 0 Å². The van der Waals surface area contributed by atoms with E-state index in [4.69, 9.17) is 9.47 Å². The molecule has 0 spiro atoms. The van der Waals surface area contributed by atoms with E-state index in [1.807, 2.05) is 40.0 Å². The number of nitrogens with one attached hydrogen (secondary N) is 1. The Hall–Kier alpha value is -1.27. The standard InChI is InChI=1S/C14H19NO2.C6H13NO.C2H6/c1-11-3-4-13(9-14(11)10-16)12(2)15-5-7-17-8-6-15;1-7-6-2-4-8-5-3-6;1-2/h3-4,9-10,12H,5-8H2,1-2H3;6-7H,2-5H2,1H3;1-2H3. The van der Waals surface area contributed by atoms with Gasteiger partial charge in [-0.05, 0) is 50.9 Å². The molecule has 0 radical (unpaired) electrons. The lowest BCUT2D eigenvalue weighted by Gasteiger charge is -2.32. The molecule has 1 unspecified atom stereocenters. The predicted octanol–water partition coefficient (Wildman–Crippen LogP) is 3.61. The molecule has 5 nitrogen and oxygen atoms in total. The number of benzene rings is 1. The summed E-state index contributed by atoms with van der Waals surface area (Å²) in [5.41, 5.74) is 3.04. The molecule has 2 fully saturated rings. The number of ether oxygens (including phenoxy) is 2. The van der Waals surface area contributed by atoms with Crippen LogP contribution in [0.2, 0.25) is 0 Å². The smallest absolute Gasteiger partial charge is 0.150 e. The van der Waals surface area contributed by atoms with Crippen LogP contribution in [0.5, 0.6) is 0 Å². The minimum atomic E-state index is 0.346. The van der Waals surface area contributed by atoms with Gasteiger partial charge in [0.15, 0.2) is 0 Å². The first-order valence-electron chi connectivity index (χ1n) is 10.3. The summed E-state index contributed by atoms with van der Waals surface area (Å²) in [5.74, 6) is 0. The summed E-state index contributed by atoms with van der Waals surface area (Å²) in [6.45, 7) is 13.6. The lowest BCUT2D eigenvalue weighted by atomic mass is 10.0. The highest BCUT2D eigenvalue weighted by Crippen LogP contribution is 2.22. The highest BCUT2D eigenvalue weighted by atomic mass is 16.5. The molecule has 0 aromatic heterocycles. The van der Waals surface area contributed by atoms with E-state index in [0.29, 0.717) is 12.1 Å². The molecule has 0 aliphatic carbocycles. The molecule has 1 atom stereocenters. The zero-order chi connectivity index (χ0) is 20.1. The van der Waals surface area contributed by atoms with Gasteiger partial charge in [-0.2, -0.15) is 0 Å². The van der Waals surface area contributed by atoms with E-state index in [0.717, 1.165) is 56.9 Å². The van der Waals surface area contributed by atoms with Crippen LogP contribution in [0.15, 0.2) is 18.2 Å². The maximum atomic E-state index is 10.9. The quantitative estimate of drug-likeness (QED) is 0.811. The SMILES string of the molecule is CC.CNC1CCOCC1.Cc1ccc(C(C)N2CCOCC2)cc1C=O. The molecule has 0 saturated carbocycles. The third-order valence-electron chi connectivity index (χ3n) is 5.14. The first-order valence-corrected chi connectivity index (χ1v) is 10.3. The van der Waals surface area contributed by atoms with Gasteiger partial charge in [0.25, 0.3) is 0 Å². The van der Waals surface area contributed by atoms with Gasteiger partial charge in [0.2, 0.25) is 0 Å². The van der Waals surface area contributed by atoms with Crippen LogP contribution in [-0.2, 0) is 9.47 Å². The fourth-order valence-electron chi connectivity index (χ4n) is 3.21. The zero-order valence-electron chi connectivity index (χ0n) is 17.8. The van der Waals surface area contributed by atoms with Crippen LogP contribution in [0.3, 0.4) is 0 Å². The molecule has 2 saturated heterocycles. The van der Waals surface area contributed by atoms with Crippen molar-refractivity contribution in [2.45, 2.75) is 52.6 Å². The molecule has 1 aromatic carbocycles. The molecule has 0 amide bonds. The third kappa shape index (κ3) is 8.09. The second-order valence-electron chi connectivity index (χ2n) is 6.73. The summed E-state index contributed by atoms with van der Waals surface area (Å²) in [7, 11) is 2.01. The lowest BCUT2D eigenvalue weighted by Crippen LogP contribution is -2.38. The van der Waals surface area contributed by atoms with E-state index >= 15 is 0 Å². The van der Waals surface area contributed by atoms with Crippen molar-refractivity contribution in [1.82, 2.24) is 10.2 Å². The fraction of sp³-hybridized carbons (Fsp3) is 0.682.